The highest BCUT2D eigenvalue weighted by atomic mass is 16.3. The van der Waals surface area contributed by atoms with Gasteiger partial charge in [0.25, 0.3) is 11.8 Å². The first-order valence-electron chi connectivity index (χ1n) is 8.97. The Kier molecular flexibility index (Phi) is 5.75. The molecule has 0 aliphatic rings. The summed E-state index contributed by atoms with van der Waals surface area (Å²) in [7, 11) is 0. The Bertz CT molecular complexity index is 1010. The van der Waals surface area contributed by atoms with Gasteiger partial charge in [0.15, 0.2) is 0 Å². The summed E-state index contributed by atoms with van der Waals surface area (Å²) in [5, 5.41) is 15.5. The third kappa shape index (κ3) is 4.76. The number of carbonyl (C=O) groups is 2. The van der Waals surface area contributed by atoms with Crippen LogP contribution in [0, 0.1) is 13.8 Å². The number of nitrogens with one attached hydrogen (secondary N) is 2. The Balaban J connectivity index is 1.64. The number of phenolic OH excluding ortho intramolecular Hbond substituents is 1. The Morgan fingerprint density at radius 3 is 2.32 bits per heavy atom. The molecular weight excluding hydrogens is 352 g/mol. The summed E-state index contributed by atoms with van der Waals surface area (Å²) in [6.07, 6.45) is 0. The lowest BCUT2D eigenvalue weighted by Crippen LogP contribution is -2.23. The molecule has 3 N–H and O–H groups in total. The molecule has 0 unspecified atom stereocenters. The quantitative estimate of drug-likeness (QED) is 0.626. The Hall–Kier alpha value is -3.60. The van der Waals surface area contributed by atoms with Gasteiger partial charge in [0, 0.05) is 17.8 Å². The van der Waals surface area contributed by atoms with E-state index in [1.165, 1.54) is 6.07 Å². The van der Waals surface area contributed by atoms with Gasteiger partial charge in [-0.1, -0.05) is 41.5 Å². The van der Waals surface area contributed by atoms with E-state index in [0.29, 0.717) is 11.3 Å². The summed E-state index contributed by atoms with van der Waals surface area (Å²) in [5.41, 5.74) is 4.29. The van der Waals surface area contributed by atoms with E-state index in [9.17, 15) is 14.7 Å². The minimum atomic E-state index is -0.352. The van der Waals surface area contributed by atoms with E-state index < -0.39 is 0 Å². The monoisotopic (exact) mass is 374 g/mol. The predicted molar refractivity (Wildman–Crippen MR) is 110 cm³/mol. The normalized spacial score (nSPS) is 10.4. The topological polar surface area (TPSA) is 78.4 Å². The van der Waals surface area contributed by atoms with Crippen LogP contribution in [0.25, 0.3) is 0 Å². The molecule has 2 amide bonds. The lowest BCUT2D eigenvalue weighted by atomic mass is 10.1. The minimum absolute atomic E-state index is 0.0535. The van der Waals surface area contributed by atoms with Gasteiger partial charge < -0.3 is 15.7 Å². The molecule has 0 saturated carbocycles. The van der Waals surface area contributed by atoms with Crippen LogP contribution in [0.3, 0.4) is 0 Å². The number of aromatic hydroxyl groups is 1. The molecule has 0 spiro atoms. The van der Waals surface area contributed by atoms with Crippen LogP contribution in [0.4, 0.5) is 5.69 Å². The maximum atomic E-state index is 12.3. The molecular formula is C23H22N2O3. The largest absolute Gasteiger partial charge is 0.507 e. The molecule has 142 valence electrons. The van der Waals surface area contributed by atoms with Crippen molar-refractivity contribution < 1.29 is 14.7 Å². The first-order valence-corrected chi connectivity index (χ1v) is 8.97. The van der Waals surface area contributed by atoms with E-state index in [1.54, 1.807) is 30.3 Å². The zero-order chi connectivity index (χ0) is 20.1. The maximum absolute atomic E-state index is 12.3. The summed E-state index contributed by atoms with van der Waals surface area (Å²) in [6, 6.07) is 19.5. The minimum Gasteiger partial charge on any atom is -0.507 e. The van der Waals surface area contributed by atoms with Crippen LogP contribution < -0.4 is 10.6 Å². The summed E-state index contributed by atoms with van der Waals surface area (Å²) in [4.78, 5) is 24.7. The SMILES string of the molecule is Cc1ccc(C(=O)Nc2cccc(CNC(=O)c3cc(C)ccc3O)c2)cc1. The molecule has 0 aliphatic carbocycles. The maximum Gasteiger partial charge on any atom is 0.255 e. The standard InChI is InChI=1S/C23H22N2O3/c1-15-6-9-18(10-7-15)22(27)25-19-5-3-4-17(13-19)14-24-23(28)20-12-16(2)8-11-21(20)26/h3-13,26H,14H2,1-2H3,(H,24,28)(H,25,27). The van der Waals surface area contributed by atoms with Crippen molar-refractivity contribution in [1.29, 1.82) is 0 Å². The first kappa shape index (κ1) is 19.2. The summed E-state index contributed by atoms with van der Waals surface area (Å²) >= 11 is 0. The van der Waals surface area contributed by atoms with Crippen molar-refractivity contribution in [3.63, 3.8) is 0 Å². The number of benzene rings is 3. The number of carbonyl (C=O) groups excluding carboxylic acids is 2. The highest BCUT2D eigenvalue weighted by molar-refractivity contribution is 6.04. The number of aryl methyl sites for hydroxylation is 2. The molecule has 5 nitrogen and oxygen atoms in total. The molecule has 3 aromatic rings. The molecule has 0 atom stereocenters. The highest BCUT2D eigenvalue weighted by Gasteiger charge is 2.11. The lowest BCUT2D eigenvalue weighted by molar-refractivity contribution is 0.0947. The van der Waals surface area contributed by atoms with E-state index in [-0.39, 0.29) is 29.7 Å². The van der Waals surface area contributed by atoms with Crippen molar-refractivity contribution in [1.82, 2.24) is 5.32 Å². The van der Waals surface area contributed by atoms with Crippen molar-refractivity contribution in [2.24, 2.45) is 0 Å². The van der Waals surface area contributed by atoms with Crippen molar-refractivity contribution in [2.45, 2.75) is 20.4 Å². The van der Waals surface area contributed by atoms with E-state index in [4.69, 9.17) is 0 Å². The van der Waals surface area contributed by atoms with Crippen LogP contribution in [0.1, 0.15) is 37.4 Å². The highest BCUT2D eigenvalue weighted by Crippen LogP contribution is 2.18. The molecule has 0 fully saturated rings. The van der Waals surface area contributed by atoms with E-state index in [0.717, 1.165) is 16.7 Å². The zero-order valence-electron chi connectivity index (χ0n) is 15.8. The molecule has 0 heterocycles. The molecule has 5 heteroatoms. The number of phenols is 1. The van der Waals surface area contributed by atoms with Crippen LogP contribution in [0.15, 0.2) is 66.7 Å². The van der Waals surface area contributed by atoms with E-state index >= 15 is 0 Å². The fourth-order valence-corrected chi connectivity index (χ4v) is 2.78. The van der Waals surface area contributed by atoms with Gasteiger partial charge in [0.05, 0.1) is 5.56 Å². The van der Waals surface area contributed by atoms with Crippen molar-refractivity contribution in [3.8, 4) is 5.75 Å². The Morgan fingerprint density at radius 1 is 0.857 bits per heavy atom. The molecule has 0 aliphatic heterocycles. The Labute approximate surface area is 164 Å². The molecule has 0 bridgehead atoms. The van der Waals surface area contributed by atoms with E-state index in [1.807, 2.05) is 44.2 Å². The molecule has 3 aromatic carbocycles. The second-order valence-corrected chi connectivity index (χ2v) is 6.72. The van der Waals surface area contributed by atoms with Gasteiger partial charge in [-0.05, 0) is 55.8 Å². The van der Waals surface area contributed by atoms with Crippen LogP contribution >= 0.6 is 0 Å². The number of hydrogen-bond acceptors (Lipinski definition) is 3. The number of anilines is 1. The smallest absolute Gasteiger partial charge is 0.255 e. The molecule has 0 aromatic heterocycles. The van der Waals surface area contributed by atoms with Crippen molar-refractivity contribution in [2.75, 3.05) is 5.32 Å². The summed E-state index contributed by atoms with van der Waals surface area (Å²) < 4.78 is 0. The van der Waals surface area contributed by atoms with Crippen LogP contribution in [0.2, 0.25) is 0 Å². The average Bonchev–Trinajstić information content (AvgIpc) is 2.68. The molecule has 0 radical (unpaired) electrons. The predicted octanol–water partition coefficient (Wildman–Crippen LogP) is 4.19. The molecule has 0 saturated heterocycles. The van der Waals surface area contributed by atoms with Crippen molar-refractivity contribution >= 4 is 17.5 Å². The first-order chi connectivity index (χ1) is 13.4. The third-order valence-electron chi connectivity index (χ3n) is 4.35. The number of hydrogen-bond donors (Lipinski definition) is 3. The van der Waals surface area contributed by atoms with Gasteiger partial charge in [-0.2, -0.15) is 0 Å². The fraction of sp³-hybridized carbons (Fsp3) is 0.130. The van der Waals surface area contributed by atoms with Crippen molar-refractivity contribution in [3.05, 3.63) is 94.5 Å². The fourth-order valence-electron chi connectivity index (χ4n) is 2.78. The van der Waals surface area contributed by atoms with Gasteiger partial charge in [0.2, 0.25) is 0 Å². The van der Waals surface area contributed by atoms with Gasteiger partial charge in [-0.25, -0.2) is 0 Å². The average molecular weight is 374 g/mol. The van der Waals surface area contributed by atoms with Gasteiger partial charge in [-0.3, -0.25) is 9.59 Å². The second kappa shape index (κ2) is 8.39. The van der Waals surface area contributed by atoms with E-state index in [2.05, 4.69) is 10.6 Å². The number of rotatable bonds is 5. The van der Waals surface area contributed by atoms with Gasteiger partial charge >= 0.3 is 0 Å². The summed E-state index contributed by atoms with van der Waals surface area (Å²) in [6.45, 7) is 4.10. The third-order valence-corrected chi connectivity index (χ3v) is 4.35. The summed E-state index contributed by atoms with van der Waals surface area (Å²) in [5.74, 6) is -0.594. The number of amides is 2. The van der Waals surface area contributed by atoms with Gasteiger partial charge in [-0.15, -0.1) is 0 Å². The van der Waals surface area contributed by atoms with Crippen LogP contribution in [-0.2, 0) is 6.54 Å². The van der Waals surface area contributed by atoms with Crippen LogP contribution in [-0.4, -0.2) is 16.9 Å². The molecule has 3 rings (SSSR count). The second-order valence-electron chi connectivity index (χ2n) is 6.72. The Morgan fingerprint density at radius 2 is 1.57 bits per heavy atom. The van der Waals surface area contributed by atoms with Gasteiger partial charge in [0.1, 0.15) is 5.75 Å². The van der Waals surface area contributed by atoms with Crippen LogP contribution in [0.5, 0.6) is 5.75 Å². The zero-order valence-corrected chi connectivity index (χ0v) is 15.8. The molecule has 28 heavy (non-hydrogen) atoms. The lowest BCUT2D eigenvalue weighted by Gasteiger charge is -2.10.